The Morgan fingerprint density at radius 1 is 0.542 bits per heavy atom. The minimum atomic E-state index is 0. The first-order valence-electron chi connectivity index (χ1n) is 19.3. The van der Waals surface area contributed by atoms with Gasteiger partial charge in [0, 0.05) is 91.0 Å². The van der Waals surface area contributed by atoms with Gasteiger partial charge in [-0.2, -0.15) is 18.2 Å². The Hall–Kier alpha value is -7.21. The van der Waals surface area contributed by atoms with Gasteiger partial charge in [-0.15, -0.1) is 29.7 Å². The molecule has 12 rings (SSSR count). The molecule has 0 unspecified atom stereocenters. The van der Waals surface area contributed by atoms with Gasteiger partial charge in [0.2, 0.25) is 0 Å². The molecule has 5 heterocycles. The predicted molar refractivity (Wildman–Crippen MR) is 231 cm³/mol. The third-order valence-corrected chi connectivity index (χ3v) is 11.3. The summed E-state index contributed by atoms with van der Waals surface area (Å²) < 4.78 is 17.6. The predicted octanol–water partition coefficient (Wildman–Crippen LogP) is 11.2. The summed E-state index contributed by atoms with van der Waals surface area (Å²) in [7, 11) is 2.19. The van der Waals surface area contributed by atoms with Gasteiger partial charge in [-0.05, 0) is 59.6 Å². The monoisotopic (exact) mass is 939 g/mol. The maximum atomic E-state index is 6.62. The van der Waals surface area contributed by atoms with Crippen molar-refractivity contribution in [2.24, 2.45) is 7.05 Å². The molecule has 5 aromatic heterocycles. The maximum absolute atomic E-state index is 6.62. The number of rotatable bonds is 6. The second-order valence-electron chi connectivity index (χ2n) is 14.5. The fourth-order valence-corrected chi connectivity index (χ4v) is 8.87. The number of fused-ring (bicyclic) bond motifs is 12. The number of benzene rings is 7. The van der Waals surface area contributed by atoms with Crippen molar-refractivity contribution in [3.63, 3.8) is 0 Å². The van der Waals surface area contributed by atoms with Crippen molar-refractivity contribution >= 4 is 65.4 Å². The molecule has 0 aliphatic carbocycles. The van der Waals surface area contributed by atoms with Crippen molar-refractivity contribution in [2.75, 3.05) is 0 Å². The molecule has 0 saturated carbocycles. The molecule has 0 N–H and O–H groups in total. The number of ether oxygens (including phenoxy) is 1. The first kappa shape index (κ1) is 35.0. The molecule has 0 aliphatic heterocycles. The second-order valence-corrected chi connectivity index (χ2v) is 14.5. The van der Waals surface area contributed by atoms with Crippen LogP contribution in [0.1, 0.15) is 0 Å². The minimum Gasteiger partial charge on any atom is -0.510 e. The van der Waals surface area contributed by atoms with Crippen molar-refractivity contribution in [3.8, 4) is 34.4 Å². The Morgan fingerprint density at radius 3 is 2.00 bits per heavy atom. The largest absolute Gasteiger partial charge is 0.510 e. The molecule has 7 aromatic carbocycles. The van der Waals surface area contributed by atoms with Crippen LogP contribution in [0, 0.1) is 18.5 Å². The van der Waals surface area contributed by atoms with E-state index in [0.29, 0.717) is 11.5 Å². The molecule has 0 bridgehead atoms. The molecular weight excluding hydrogens is 908 g/mol. The Labute approximate surface area is 353 Å². The fraction of sp³-hybridized carbons (Fsp3) is 0.0196. The summed E-state index contributed by atoms with van der Waals surface area (Å²) in [4.78, 5) is 4.98. The normalized spacial score (nSPS) is 11.7. The number of para-hydroxylation sites is 4. The van der Waals surface area contributed by atoms with Crippen LogP contribution < -0.4 is 9.30 Å². The van der Waals surface area contributed by atoms with Crippen molar-refractivity contribution in [1.29, 1.82) is 0 Å². The van der Waals surface area contributed by atoms with Gasteiger partial charge in [0.25, 0.3) is 6.33 Å². The van der Waals surface area contributed by atoms with Gasteiger partial charge in [-0.25, -0.2) is 4.98 Å². The molecule has 284 valence electrons. The SMILES string of the molecule is Cn1c2ccccc2c2c3c4ccc(Oc5[c-]c(-[n+]6[c-]n(-c7ccccc7)cc6)ccc5)[c-]c4n(-c4ccccn4)c3c3c4ccccc4n(-c4ccccc4)c3c21.[Pt]. The van der Waals surface area contributed by atoms with Crippen molar-refractivity contribution in [3.05, 3.63) is 195 Å². The van der Waals surface area contributed by atoms with E-state index in [9.17, 15) is 0 Å². The van der Waals surface area contributed by atoms with E-state index < -0.39 is 0 Å². The summed E-state index contributed by atoms with van der Waals surface area (Å²) in [5, 5.41) is 6.93. The number of hydrogen-bond donors (Lipinski definition) is 0. The van der Waals surface area contributed by atoms with Gasteiger partial charge >= 0.3 is 0 Å². The third kappa shape index (κ3) is 5.32. The zero-order valence-corrected chi connectivity index (χ0v) is 33.9. The Kier molecular flexibility index (Phi) is 8.14. The van der Waals surface area contributed by atoms with Gasteiger partial charge in [0.05, 0.1) is 27.8 Å². The van der Waals surface area contributed by atoms with Crippen LogP contribution in [0.2, 0.25) is 0 Å². The molecule has 7 nitrogen and oxygen atoms in total. The summed E-state index contributed by atoms with van der Waals surface area (Å²) >= 11 is 0. The summed E-state index contributed by atoms with van der Waals surface area (Å²) in [5.41, 5.74) is 9.53. The van der Waals surface area contributed by atoms with Crippen LogP contribution in [0.15, 0.2) is 176 Å². The Balaban J connectivity index is 0.00000397. The van der Waals surface area contributed by atoms with Crippen molar-refractivity contribution < 1.29 is 30.4 Å². The Morgan fingerprint density at radius 2 is 1.22 bits per heavy atom. The maximum Gasteiger partial charge on any atom is 0.267 e. The first-order valence-corrected chi connectivity index (χ1v) is 19.3. The average Bonchev–Trinajstić information content (AvgIpc) is 4.05. The number of hydrogen-bond acceptors (Lipinski definition) is 2. The molecule has 0 spiro atoms. The number of imidazole rings is 1. The van der Waals surface area contributed by atoms with E-state index in [1.165, 1.54) is 21.8 Å². The fourth-order valence-electron chi connectivity index (χ4n) is 8.87. The topological polar surface area (TPSA) is 45.7 Å². The summed E-state index contributed by atoms with van der Waals surface area (Å²) in [5.74, 6) is 1.96. The Bertz CT molecular complexity index is 3550. The minimum absolute atomic E-state index is 0. The van der Waals surface area contributed by atoms with Gasteiger partial charge in [-0.1, -0.05) is 84.4 Å². The van der Waals surface area contributed by atoms with Crippen molar-refractivity contribution in [2.45, 2.75) is 0 Å². The molecule has 0 saturated heterocycles. The molecule has 12 aromatic rings. The van der Waals surface area contributed by atoms with Crippen molar-refractivity contribution in [1.82, 2.24) is 23.3 Å². The molecule has 0 radical (unpaired) electrons. The molecule has 0 amide bonds. The van der Waals surface area contributed by atoms with E-state index >= 15 is 0 Å². The van der Waals surface area contributed by atoms with Crippen LogP contribution in [0.3, 0.4) is 0 Å². The first-order chi connectivity index (χ1) is 28.7. The van der Waals surface area contributed by atoms with E-state index in [1.54, 1.807) is 0 Å². The van der Waals surface area contributed by atoms with Crippen LogP contribution in [-0.2, 0) is 28.1 Å². The standard InChI is InChI=1S/C51H32N6O.Pt/c1-53-42-23-10-8-21-39(42)47-46-41-27-26-38(58-37-20-14-19-36(31-37)55-30-29-54(33-55)34-15-4-2-5-16-34)32-44(41)57(45-25-12-13-28-52-45)49(46)48-40-22-9-11-24-43(40)56(51(48)50(47)53)35-17-6-3-7-18-35;/h2-30H,1H3;/q-2;. The zero-order valence-electron chi connectivity index (χ0n) is 31.7. The number of aryl methyl sites for hydroxylation is 1. The molecule has 0 aliphatic rings. The summed E-state index contributed by atoms with van der Waals surface area (Å²) in [6.45, 7) is 0. The van der Waals surface area contributed by atoms with Gasteiger partial charge < -0.3 is 23.0 Å². The molecule has 0 atom stereocenters. The van der Waals surface area contributed by atoms with Crippen LogP contribution in [0.25, 0.3) is 88.3 Å². The van der Waals surface area contributed by atoms with E-state index in [1.807, 2.05) is 82.3 Å². The summed E-state index contributed by atoms with van der Waals surface area (Å²) in [6, 6.07) is 61.7. The third-order valence-electron chi connectivity index (χ3n) is 11.3. The molecule has 0 fully saturated rings. The van der Waals surface area contributed by atoms with Gasteiger partial charge in [0.1, 0.15) is 5.82 Å². The quantitative estimate of drug-likeness (QED) is 0.123. The molecule has 59 heavy (non-hydrogen) atoms. The van der Waals surface area contributed by atoms with E-state index in [-0.39, 0.29) is 21.1 Å². The number of pyridine rings is 1. The zero-order chi connectivity index (χ0) is 38.3. The van der Waals surface area contributed by atoms with E-state index in [2.05, 4.69) is 142 Å². The van der Waals surface area contributed by atoms with Gasteiger partial charge in [-0.3, -0.25) is 4.57 Å². The van der Waals surface area contributed by atoms with Crippen LogP contribution >= 0.6 is 0 Å². The average molecular weight is 940 g/mol. The van der Waals surface area contributed by atoms with Crippen LogP contribution in [-0.4, -0.2) is 23.3 Å². The smallest absolute Gasteiger partial charge is 0.267 e. The second kappa shape index (κ2) is 13.7. The van der Waals surface area contributed by atoms with Crippen LogP contribution in [0.4, 0.5) is 0 Å². The van der Waals surface area contributed by atoms with Crippen LogP contribution in [0.5, 0.6) is 11.5 Å². The molecular formula is C51H32N6OPt-2. The van der Waals surface area contributed by atoms with Gasteiger partial charge in [0.15, 0.2) is 0 Å². The summed E-state index contributed by atoms with van der Waals surface area (Å²) in [6.07, 6.45) is 9.20. The number of aromatic nitrogens is 6. The number of nitrogens with zero attached hydrogens (tertiary/aromatic N) is 6. The van der Waals surface area contributed by atoms with E-state index in [4.69, 9.17) is 9.72 Å². The van der Waals surface area contributed by atoms with E-state index in [0.717, 1.165) is 66.5 Å². The molecule has 8 heteroatoms.